The van der Waals surface area contributed by atoms with Crippen LogP contribution in [0, 0.1) is 0 Å². The monoisotopic (exact) mass is 547 g/mol. The Hall–Kier alpha value is -4.57. The van der Waals surface area contributed by atoms with E-state index in [4.69, 9.17) is 18.9 Å². The van der Waals surface area contributed by atoms with Gasteiger partial charge in [-0.25, -0.2) is 4.79 Å². The summed E-state index contributed by atoms with van der Waals surface area (Å²) in [4.78, 5) is 39.9. The van der Waals surface area contributed by atoms with Crippen molar-refractivity contribution in [1.29, 1.82) is 0 Å². The van der Waals surface area contributed by atoms with Crippen molar-refractivity contribution in [3.05, 3.63) is 98.2 Å². The molecule has 4 aromatic rings. The van der Waals surface area contributed by atoms with Crippen molar-refractivity contribution in [2.45, 2.75) is 19.5 Å². The van der Waals surface area contributed by atoms with Gasteiger partial charge in [0.05, 0.1) is 45.3 Å². The number of carbonyl (C=O) groups excluding carboxylic acids is 1. The van der Waals surface area contributed by atoms with E-state index in [1.54, 1.807) is 50.6 Å². The van der Waals surface area contributed by atoms with Crippen molar-refractivity contribution in [3.63, 3.8) is 0 Å². The lowest BCUT2D eigenvalue weighted by atomic mass is 10.1. The Labute approximate surface area is 231 Å². The molecule has 1 heterocycles. The Balaban J connectivity index is 1.75. The van der Waals surface area contributed by atoms with Gasteiger partial charge in [0.15, 0.2) is 11.5 Å². The lowest BCUT2D eigenvalue weighted by Gasteiger charge is -2.17. The standard InChI is InChI=1S/C30H33N3O7/c1-37-14-6-13-31-28(34)22-11-9-20(10-12-22)18-33-29(35)24-16-26(39-3)27(40-4)17-25(24)32(30(33)36)19-21-7-5-8-23(15-21)38-2/h5,7-12,15-17H,6,13-14,18-19H2,1-4H3,(H,31,34). The largest absolute Gasteiger partial charge is 0.497 e. The zero-order valence-electron chi connectivity index (χ0n) is 23.1. The van der Waals surface area contributed by atoms with Gasteiger partial charge >= 0.3 is 5.69 Å². The lowest BCUT2D eigenvalue weighted by molar-refractivity contribution is 0.0948. The van der Waals surface area contributed by atoms with E-state index in [0.29, 0.717) is 58.9 Å². The average molecular weight is 548 g/mol. The zero-order valence-corrected chi connectivity index (χ0v) is 23.1. The molecule has 1 aromatic heterocycles. The molecule has 4 rings (SSSR count). The van der Waals surface area contributed by atoms with Crippen LogP contribution in [0.25, 0.3) is 10.9 Å². The molecule has 1 amide bonds. The van der Waals surface area contributed by atoms with Crippen LogP contribution in [-0.2, 0) is 17.8 Å². The molecule has 0 fully saturated rings. The lowest BCUT2D eigenvalue weighted by Crippen LogP contribution is -2.40. The third-order valence-electron chi connectivity index (χ3n) is 6.57. The fourth-order valence-corrected chi connectivity index (χ4v) is 4.45. The molecule has 40 heavy (non-hydrogen) atoms. The quantitative estimate of drug-likeness (QED) is 0.272. The van der Waals surface area contributed by atoms with E-state index in [1.807, 2.05) is 24.3 Å². The highest BCUT2D eigenvalue weighted by Gasteiger charge is 2.18. The number of nitrogens with zero attached hydrogens (tertiary/aromatic N) is 2. The van der Waals surface area contributed by atoms with E-state index < -0.39 is 11.2 Å². The van der Waals surface area contributed by atoms with Gasteiger partial charge in [-0.05, 0) is 47.9 Å². The minimum atomic E-state index is -0.479. The first kappa shape index (κ1) is 28.4. The molecule has 0 spiro atoms. The number of methoxy groups -OCH3 is 4. The van der Waals surface area contributed by atoms with Crippen molar-refractivity contribution in [1.82, 2.24) is 14.5 Å². The van der Waals surface area contributed by atoms with E-state index in [9.17, 15) is 14.4 Å². The van der Waals surface area contributed by atoms with E-state index in [0.717, 1.165) is 5.56 Å². The molecule has 0 aliphatic heterocycles. The second-order valence-corrected chi connectivity index (χ2v) is 9.14. The van der Waals surface area contributed by atoms with Gasteiger partial charge in [-0.15, -0.1) is 0 Å². The Kier molecular flexibility index (Phi) is 9.23. The topological polar surface area (TPSA) is 110 Å². The number of fused-ring (bicyclic) bond motifs is 1. The molecule has 210 valence electrons. The Bertz CT molecular complexity index is 1610. The molecule has 0 radical (unpaired) electrons. The maximum absolute atomic E-state index is 13.8. The highest BCUT2D eigenvalue weighted by atomic mass is 16.5. The SMILES string of the molecule is COCCCNC(=O)c1ccc(Cn2c(=O)c3cc(OC)c(OC)cc3n(Cc3cccc(OC)c3)c2=O)cc1. The molecule has 1 N–H and O–H groups in total. The van der Waals surface area contributed by atoms with E-state index >= 15 is 0 Å². The van der Waals surface area contributed by atoms with Gasteiger partial charge in [0.1, 0.15) is 5.75 Å². The summed E-state index contributed by atoms with van der Waals surface area (Å²) in [6.45, 7) is 1.29. The number of aromatic nitrogens is 2. The van der Waals surface area contributed by atoms with Crippen LogP contribution in [0.15, 0.2) is 70.3 Å². The summed E-state index contributed by atoms with van der Waals surface area (Å²) in [5.41, 5.74) is 1.49. The predicted octanol–water partition coefficient (Wildman–Crippen LogP) is 3.05. The van der Waals surface area contributed by atoms with Crippen LogP contribution in [-0.4, -0.2) is 56.6 Å². The summed E-state index contributed by atoms with van der Waals surface area (Å²) in [6, 6.07) is 17.4. The van der Waals surface area contributed by atoms with Crippen molar-refractivity contribution in [2.75, 3.05) is 41.6 Å². The summed E-state index contributed by atoms with van der Waals surface area (Å²) in [5, 5.41) is 3.15. The summed E-state index contributed by atoms with van der Waals surface area (Å²) in [6.07, 6.45) is 0.712. The van der Waals surface area contributed by atoms with Crippen LogP contribution in [0.4, 0.5) is 0 Å². The molecule has 0 aliphatic rings. The van der Waals surface area contributed by atoms with Gasteiger partial charge in [0.25, 0.3) is 11.5 Å². The van der Waals surface area contributed by atoms with E-state index in [2.05, 4.69) is 5.32 Å². The number of amides is 1. The first-order chi connectivity index (χ1) is 19.4. The summed E-state index contributed by atoms with van der Waals surface area (Å²) < 4.78 is 24.0. The molecule has 0 aliphatic carbocycles. The first-order valence-corrected chi connectivity index (χ1v) is 12.8. The summed E-state index contributed by atoms with van der Waals surface area (Å²) in [7, 11) is 6.18. The fraction of sp³-hybridized carbons (Fsp3) is 0.300. The van der Waals surface area contributed by atoms with Crippen molar-refractivity contribution in [2.24, 2.45) is 0 Å². The highest BCUT2D eigenvalue weighted by molar-refractivity contribution is 5.94. The van der Waals surface area contributed by atoms with E-state index in [-0.39, 0.29) is 19.0 Å². The van der Waals surface area contributed by atoms with Gasteiger partial charge in [-0.1, -0.05) is 24.3 Å². The van der Waals surface area contributed by atoms with Crippen LogP contribution >= 0.6 is 0 Å². The summed E-state index contributed by atoms with van der Waals surface area (Å²) in [5.74, 6) is 1.24. The maximum atomic E-state index is 13.8. The number of ether oxygens (including phenoxy) is 4. The smallest absolute Gasteiger partial charge is 0.332 e. The second-order valence-electron chi connectivity index (χ2n) is 9.14. The van der Waals surface area contributed by atoms with Crippen LogP contribution in [0.1, 0.15) is 27.9 Å². The minimum Gasteiger partial charge on any atom is -0.497 e. The zero-order chi connectivity index (χ0) is 28.6. The van der Waals surface area contributed by atoms with Crippen LogP contribution < -0.4 is 30.8 Å². The Morgan fingerprint density at radius 2 is 1.50 bits per heavy atom. The van der Waals surface area contributed by atoms with Crippen LogP contribution in [0.2, 0.25) is 0 Å². The van der Waals surface area contributed by atoms with Gasteiger partial charge in [-0.2, -0.15) is 0 Å². The maximum Gasteiger partial charge on any atom is 0.332 e. The molecular formula is C30H33N3O7. The number of nitrogens with one attached hydrogen (secondary N) is 1. The normalized spacial score (nSPS) is 10.9. The molecule has 0 saturated heterocycles. The fourth-order valence-electron chi connectivity index (χ4n) is 4.45. The van der Waals surface area contributed by atoms with Gasteiger partial charge < -0.3 is 24.3 Å². The van der Waals surface area contributed by atoms with E-state index in [1.165, 1.54) is 23.4 Å². The predicted molar refractivity (Wildman–Crippen MR) is 152 cm³/mol. The third kappa shape index (κ3) is 6.18. The first-order valence-electron chi connectivity index (χ1n) is 12.8. The van der Waals surface area contributed by atoms with Gasteiger partial charge in [-0.3, -0.25) is 18.7 Å². The minimum absolute atomic E-state index is 0.0236. The number of hydrogen-bond acceptors (Lipinski definition) is 7. The number of rotatable bonds is 12. The van der Waals surface area contributed by atoms with Crippen molar-refractivity contribution < 1.29 is 23.7 Å². The molecule has 3 aromatic carbocycles. The molecule has 10 nitrogen and oxygen atoms in total. The second kappa shape index (κ2) is 13.0. The average Bonchev–Trinajstić information content (AvgIpc) is 2.99. The third-order valence-corrected chi connectivity index (χ3v) is 6.57. The highest BCUT2D eigenvalue weighted by Crippen LogP contribution is 2.30. The summed E-state index contributed by atoms with van der Waals surface area (Å²) >= 11 is 0. The van der Waals surface area contributed by atoms with Crippen LogP contribution in [0.3, 0.4) is 0 Å². The van der Waals surface area contributed by atoms with Crippen molar-refractivity contribution >= 4 is 16.8 Å². The van der Waals surface area contributed by atoms with Crippen molar-refractivity contribution in [3.8, 4) is 17.2 Å². The number of hydrogen-bond donors (Lipinski definition) is 1. The van der Waals surface area contributed by atoms with Gasteiger partial charge in [0, 0.05) is 31.9 Å². The number of carbonyl (C=O) groups is 1. The molecular weight excluding hydrogens is 514 g/mol. The Morgan fingerprint density at radius 1 is 0.800 bits per heavy atom. The van der Waals surface area contributed by atoms with Gasteiger partial charge in [0.2, 0.25) is 0 Å². The molecule has 0 atom stereocenters. The Morgan fingerprint density at radius 3 is 2.17 bits per heavy atom. The van der Waals surface area contributed by atoms with Crippen LogP contribution in [0.5, 0.6) is 17.2 Å². The number of benzene rings is 3. The molecule has 0 unspecified atom stereocenters. The molecule has 10 heteroatoms. The molecule has 0 bridgehead atoms. The molecule has 0 saturated carbocycles.